The normalized spacial score (nSPS) is 21.5. The maximum absolute atomic E-state index is 3.86. The molecule has 0 spiro atoms. The van der Waals surface area contributed by atoms with E-state index in [2.05, 4.69) is 13.2 Å². The predicted molar refractivity (Wildman–Crippen MR) is 43.2 cm³/mol. The molecular formula is C6H8S2. The summed E-state index contributed by atoms with van der Waals surface area (Å²) in [6.45, 7) is 7.72. The van der Waals surface area contributed by atoms with E-state index in [-0.39, 0.29) is 0 Å². The first kappa shape index (κ1) is 6.30. The summed E-state index contributed by atoms with van der Waals surface area (Å²) >= 11 is 0. The minimum absolute atomic E-state index is 1.06. The van der Waals surface area contributed by atoms with E-state index in [1.807, 2.05) is 21.6 Å². The lowest BCUT2D eigenvalue weighted by atomic mass is 10.2. The first-order chi connectivity index (χ1) is 3.80. The minimum atomic E-state index is 1.06. The molecule has 0 amide bonds. The summed E-state index contributed by atoms with van der Waals surface area (Å²) in [5.41, 5.74) is 2.43. The van der Waals surface area contributed by atoms with Crippen molar-refractivity contribution in [1.82, 2.24) is 0 Å². The monoisotopic (exact) mass is 144 g/mol. The first-order valence-electron chi connectivity index (χ1n) is 2.41. The standard InChI is InChI=1S/C6H8S2/c1-5-3-7-8-4-6(5)2/h1-4H2. The Kier molecular flexibility index (Phi) is 2.08. The van der Waals surface area contributed by atoms with Crippen molar-refractivity contribution in [3.8, 4) is 0 Å². The SMILES string of the molecule is C=C1CSSCC1=C. The highest BCUT2D eigenvalue weighted by molar-refractivity contribution is 8.76. The zero-order valence-corrected chi connectivity index (χ0v) is 6.28. The van der Waals surface area contributed by atoms with Crippen LogP contribution in [0.1, 0.15) is 0 Å². The summed E-state index contributed by atoms with van der Waals surface area (Å²) in [6.07, 6.45) is 0. The molecule has 0 radical (unpaired) electrons. The van der Waals surface area contributed by atoms with E-state index in [1.54, 1.807) is 0 Å². The van der Waals surface area contributed by atoms with Gasteiger partial charge in [0.25, 0.3) is 0 Å². The average Bonchev–Trinajstić information content (AvgIpc) is 1.77. The fraction of sp³-hybridized carbons (Fsp3) is 0.333. The van der Waals surface area contributed by atoms with Gasteiger partial charge in [0.15, 0.2) is 0 Å². The van der Waals surface area contributed by atoms with E-state index in [4.69, 9.17) is 0 Å². The average molecular weight is 144 g/mol. The van der Waals surface area contributed by atoms with Crippen LogP contribution in [-0.2, 0) is 0 Å². The Balaban J connectivity index is 2.52. The lowest BCUT2D eigenvalue weighted by molar-refractivity contribution is 1.41. The second kappa shape index (κ2) is 2.65. The van der Waals surface area contributed by atoms with Gasteiger partial charge >= 0.3 is 0 Å². The molecule has 0 N–H and O–H groups in total. The van der Waals surface area contributed by atoms with Crippen molar-refractivity contribution in [2.24, 2.45) is 0 Å². The van der Waals surface area contributed by atoms with Crippen LogP contribution in [0.3, 0.4) is 0 Å². The highest BCUT2D eigenvalue weighted by Crippen LogP contribution is 2.33. The topological polar surface area (TPSA) is 0 Å². The van der Waals surface area contributed by atoms with Crippen LogP contribution in [-0.4, -0.2) is 11.5 Å². The molecule has 0 saturated carbocycles. The Labute approximate surface area is 57.8 Å². The third-order valence-corrected chi connectivity index (χ3v) is 3.36. The molecule has 1 heterocycles. The Morgan fingerprint density at radius 1 is 1.00 bits per heavy atom. The van der Waals surface area contributed by atoms with Crippen molar-refractivity contribution in [2.45, 2.75) is 0 Å². The van der Waals surface area contributed by atoms with Crippen molar-refractivity contribution in [2.75, 3.05) is 11.5 Å². The molecule has 8 heavy (non-hydrogen) atoms. The fourth-order valence-corrected chi connectivity index (χ4v) is 2.64. The van der Waals surface area contributed by atoms with Crippen LogP contribution in [0.15, 0.2) is 24.3 Å². The van der Waals surface area contributed by atoms with Crippen LogP contribution in [0.2, 0.25) is 0 Å². The van der Waals surface area contributed by atoms with Crippen LogP contribution in [0, 0.1) is 0 Å². The second-order valence-electron chi connectivity index (χ2n) is 1.73. The van der Waals surface area contributed by atoms with Gasteiger partial charge in [0.05, 0.1) is 0 Å². The lowest BCUT2D eigenvalue weighted by Crippen LogP contribution is -1.96. The smallest absolute Gasteiger partial charge is 0.0285 e. The Morgan fingerprint density at radius 2 is 1.38 bits per heavy atom. The summed E-state index contributed by atoms with van der Waals surface area (Å²) in [7, 11) is 3.73. The molecule has 0 nitrogen and oxygen atoms in total. The van der Waals surface area contributed by atoms with E-state index in [9.17, 15) is 0 Å². The quantitative estimate of drug-likeness (QED) is 0.479. The van der Waals surface area contributed by atoms with Gasteiger partial charge in [-0.2, -0.15) is 0 Å². The largest absolute Gasteiger partial charge is 0.0947 e. The summed E-state index contributed by atoms with van der Waals surface area (Å²) in [4.78, 5) is 0. The molecular weight excluding hydrogens is 136 g/mol. The zero-order valence-electron chi connectivity index (χ0n) is 4.64. The molecule has 0 aromatic carbocycles. The molecule has 0 aromatic rings. The van der Waals surface area contributed by atoms with Crippen LogP contribution in [0.25, 0.3) is 0 Å². The van der Waals surface area contributed by atoms with Crippen molar-refractivity contribution >= 4 is 21.6 Å². The summed E-state index contributed by atoms with van der Waals surface area (Å²) in [5, 5.41) is 0. The molecule has 1 aliphatic rings. The molecule has 0 unspecified atom stereocenters. The lowest BCUT2D eigenvalue weighted by Gasteiger charge is -2.13. The van der Waals surface area contributed by atoms with Gasteiger partial charge < -0.3 is 0 Å². The Hall–Kier alpha value is 0.180. The van der Waals surface area contributed by atoms with Gasteiger partial charge in [-0.3, -0.25) is 0 Å². The molecule has 1 fully saturated rings. The van der Waals surface area contributed by atoms with Crippen LogP contribution in [0.5, 0.6) is 0 Å². The molecule has 2 heteroatoms. The fourth-order valence-electron chi connectivity index (χ4n) is 0.430. The van der Waals surface area contributed by atoms with E-state index in [1.165, 1.54) is 11.1 Å². The Morgan fingerprint density at radius 3 is 1.62 bits per heavy atom. The van der Waals surface area contributed by atoms with Gasteiger partial charge in [-0.15, -0.1) is 0 Å². The third kappa shape index (κ3) is 1.33. The highest BCUT2D eigenvalue weighted by atomic mass is 33.1. The van der Waals surface area contributed by atoms with Gasteiger partial charge in [-0.1, -0.05) is 34.7 Å². The van der Waals surface area contributed by atoms with Crippen molar-refractivity contribution in [3.05, 3.63) is 24.3 Å². The molecule has 0 atom stereocenters. The van der Waals surface area contributed by atoms with Crippen LogP contribution < -0.4 is 0 Å². The number of rotatable bonds is 0. The second-order valence-corrected chi connectivity index (χ2v) is 4.19. The first-order valence-corrected chi connectivity index (χ1v) is 4.90. The number of hydrogen-bond acceptors (Lipinski definition) is 2. The summed E-state index contributed by atoms with van der Waals surface area (Å²) in [6, 6.07) is 0. The molecule has 1 saturated heterocycles. The summed E-state index contributed by atoms with van der Waals surface area (Å²) < 4.78 is 0. The van der Waals surface area contributed by atoms with Crippen LogP contribution >= 0.6 is 21.6 Å². The Bertz CT molecular complexity index is 110. The van der Waals surface area contributed by atoms with Gasteiger partial charge in [0, 0.05) is 11.5 Å². The molecule has 0 aromatic heterocycles. The van der Waals surface area contributed by atoms with Crippen molar-refractivity contribution < 1.29 is 0 Å². The molecule has 0 aliphatic carbocycles. The molecule has 0 bridgehead atoms. The predicted octanol–water partition coefficient (Wildman–Crippen LogP) is 2.49. The van der Waals surface area contributed by atoms with E-state index < -0.39 is 0 Å². The van der Waals surface area contributed by atoms with E-state index in [0.717, 1.165) is 11.5 Å². The summed E-state index contributed by atoms with van der Waals surface area (Å²) in [5.74, 6) is 2.12. The maximum Gasteiger partial charge on any atom is 0.0285 e. The van der Waals surface area contributed by atoms with E-state index >= 15 is 0 Å². The van der Waals surface area contributed by atoms with Gasteiger partial charge in [0.1, 0.15) is 0 Å². The minimum Gasteiger partial charge on any atom is -0.0947 e. The van der Waals surface area contributed by atoms with Gasteiger partial charge in [-0.25, -0.2) is 0 Å². The molecule has 44 valence electrons. The zero-order chi connectivity index (χ0) is 5.98. The van der Waals surface area contributed by atoms with Crippen LogP contribution in [0.4, 0.5) is 0 Å². The number of hydrogen-bond donors (Lipinski definition) is 0. The third-order valence-electron chi connectivity index (χ3n) is 1.05. The van der Waals surface area contributed by atoms with Gasteiger partial charge in [-0.05, 0) is 11.1 Å². The van der Waals surface area contributed by atoms with Crippen molar-refractivity contribution in [1.29, 1.82) is 0 Å². The molecule has 1 rings (SSSR count). The van der Waals surface area contributed by atoms with Gasteiger partial charge in [0.2, 0.25) is 0 Å². The maximum atomic E-state index is 3.86. The van der Waals surface area contributed by atoms with Crippen molar-refractivity contribution in [3.63, 3.8) is 0 Å². The highest BCUT2D eigenvalue weighted by Gasteiger charge is 2.06. The molecule has 1 aliphatic heterocycles. The van der Waals surface area contributed by atoms with E-state index in [0.29, 0.717) is 0 Å².